The minimum atomic E-state index is -0.494. The minimum absolute atomic E-state index is 0.0517. The third-order valence-electron chi connectivity index (χ3n) is 6.73. The summed E-state index contributed by atoms with van der Waals surface area (Å²) < 4.78 is 13.5. The topological polar surface area (TPSA) is 105 Å². The van der Waals surface area contributed by atoms with Gasteiger partial charge in [-0.1, -0.05) is 36.4 Å². The Balaban J connectivity index is 1.28. The normalized spacial score (nSPS) is 19.5. The fourth-order valence-electron chi connectivity index (χ4n) is 5.03. The Hall–Kier alpha value is -3.39. The minimum Gasteiger partial charge on any atom is -0.384 e. The lowest BCUT2D eigenvalue weighted by Crippen LogP contribution is -2.34. The Morgan fingerprint density at radius 1 is 1.06 bits per heavy atom. The van der Waals surface area contributed by atoms with Gasteiger partial charge in [-0.2, -0.15) is 14.7 Å². The fourth-order valence-corrected chi connectivity index (χ4v) is 5.03. The first-order valence-corrected chi connectivity index (χ1v) is 11.5. The average Bonchev–Trinajstić information content (AvgIpc) is 3.32. The predicted molar refractivity (Wildman–Crippen MR) is 126 cm³/mol. The Morgan fingerprint density at radius 2 is 1.88 bits per heavy atom. The van der Waals surface area contributed by atoms with Gasteiger partial charge in [-0.3, -0.25) is 0 Å². The van der Waals surface area contributed by atoms with E-state index in [1.807, 2.05) is 6.07 Å². The average molecular weight is 446 g/mol. The molecule has 1 aliphatic rings. The zero-order valence-corrected chi connectivity index (χ0v) is 18.4. The third-order valence-corrected chi connectivity index (χ3v) is 6.73. The van der Waals surface area contributed by atoms with Crippen LogP contribution in [0.1, 0.15) is 60.6 Å². The molecule has 170 valence electrons. The summed E-state index contributed by atoms with van der Waals surface area (Å²) in [6.07, 6.45) is 7.13. The molecular weight excluding hydrogens is 417 g/mol. The maximum atomic E-state index is 13.5. The number of fused-ring (bicyclic) bond motifs is 1. The molecule has 1 saturated carbocycles. The van der Waals surface area contributed by atoms with Crippen molar-refractivity contribution in [2.75, 3.05) is 12.3 Å². The van der Waals surface area contributed by atoms with E-state index in [2.05, 4.69) is 61.0 Å². The molecule has 8 heteroatoms. The van der Waals surface area contributed by atoms with Gasteiger partial charge >= 0.3 is 0 Å². The molecule has 1 aromatic carbocycles. The molecule has 0 saturated heterocycles. The summed E-state index contributed by atoms with van der Waals surface area (Å²) in [6, 6.07) is 16.3. The van der Waals surface area contributed by atoms with Gasteiger partial charge < -0.3 is 11.1 Å². The highest BCUT2D eigenvalue weighted by molar-refractivity contribution is 5.77. The molecule has 33 heavy (non-hydrogen) atoms. The number of anilines is 1. The maximum Gasteiger partial charge on any atom is 0.212 e. The van der Waals surface area contributed by atoms with Crippen molar-refractivity contribution in [1.82, 2.24) is 30.7 Å². The first-order chi connectivity index (χ1) is 16.2. The van der Waals surface area contributed by atoms with Crippen molar-refractivity contribution in [2.24, 2.45) is 0 Å². The molecule has 0 aliphatic heterocycles. The number of aromatic amines is 1. The van der Waals surface area contributed by atoms with Crippen molar-refractivity contribution in [1.29, 1.82) is 0 Å². The monoisotopic (exact) mass is 445 g/mol. The molecule has 1 atom stereocenters. The van der Waals surface area contributed by atoms with E-state index in [0.29, 0.717) is 28.9 Å². The molecule has 1 aliphatic carbocycles. The number of halogens is 1. The number of pyridine rings is 2. The number of H-pyrrole nitrogens is 1. The third kappa shape index (κ3) is 4.85. The van der Waals surface area contributed by atoms with Crippen LogP contribution in [-0.4, -0.2) is 38.0 Å². The summed E-state index contributed by atoms with van der Waals surface area (Å²) in [5.74, 6) is 0.497. The van der Waals surface area contributed by atoms with Gasteiger partial charge in [0.25, 0.3) is 0 Å². The van der Waals surface area contributed by atoms with Crippen molar-refractivity contribution in [3.8, 4) is 0 Å². The van der Waals surface area contributed by atoms with Crippen LogP contribution in [0.25, 0.3) is 11.2 Å². The van der Waals surface area contributed by atoms with E-state index in [-0.39, 0.29) is 5.92 Å². The second kappa shape index (κ2) is 9.62. The first-order valence-electron chi connectivity index (χ1n) is 11.5. The summed E-state index contributed by atoms with van der Waals surface area (Å²) in [5.41, 5.74) is 10.5. The Labute approximate surface area is 192 Å². The lowest BCUT2D eigenvalue weighted by Gasteiger charge is -2.30. The molecule has 1 unspecified atom stereocenters. The first kappa shape index (κ1) is 21.5. The van der Waals surface area contributed by atoms with E-state index in [4.69, 9.17) is 5.73 Å². The van der Waals surface area contributed by atoms with Gasteiger partial charge in [0.05, 0.1) is 0 Å². The summed E-state index contributed by atoms with van der Waals surface area (Å²) in [5, 5.41) is 14.8. The van der Waals surface area contributed by atoms with Crippen molar-refractivity contribution < 1.29 is 4.39 Å². The molecule has 0 bridgehead atoms. The van der Waals surface area contributed by atoms with Crippen molar-refractivity contribution in [3.63, 3.8) is 0 Å². The Morgan fingerprint density at radius 3 is 2.64 bits per heavy atom. The van der Waals surface area contributed by atoms with Crippen molar-refractivity contribution in [2.45, 2.75) is 50.0 Å². The van der Waals surface area contributed by atoms with Crippen LogP contribution >= 0.6 is 0 Å². The second-order valence-electron chi connectivity index (χ2n) is 8.80. The van der Waals surface area contributed by atoms with Crippen molar-refractivity contribution in [3.05, 3.63) is 77.4 Å². The van der Waals surface area contributed by atoms with Gasteiger partial charge in [0.1, 0.15) is 11.3 Å². The van der Waals surface area contributed by atoms with E-state index >= 15 is 0 Å². The van der Waals surface area contributed by atoms with E-state index in [1.165, 1.54) is 24.5 Å². The smallest absolute Gasteiger partial charge is 0.212 e. The number of nitrogens with one attached hydrogen (secondary N) is 2. The van der Waals surface area contributed by atoms with Crippen molar-refractivity contribution >= 4 is 17.0 Å². The predicted octanol–water partition coefficient (Wildman–Crippen LogP) is 4.31. The lowest BCUT2D eigenvalue weighted by atomic mass is 9.81. The van der Waals surface area contributed by atoms with Crippen LogP contribution in [0.3, 0.4) is 0 Å². The van der Waals surface area contributed by atoms with Crippen LogP contribution in [0, 0.1) is 5.95 Å². The number of nitrogens with two attached hydrogens (primary N) is 1. The molecular formula is C25H28FN7. The van der Waals surface area contributed by atoms with Gasteiger partial charge in [-0.15, -0.1) is 5.10 Å². The zero-order chi connectivity index (χ0) is 22.6. The van der Waals surface area contributed by atoms with Crippen LogP contribution in [0.4, 0.5) is 10.2 Å². The van der Waals surface area contributed by atoms with Gasteiger partial charge in [-0.05, 0) is 73.4 Å². The van der Waals surface area contributed by atoms with Gasteiger partial charge in [0.15, 0.2) is 0 Å². The largest absolute Gasteiger partial charge is 0.384 e. The maximum absolute atomic E-state index is 13.5. The molecule has 0 radical (unpaired) electrons. The molecule has 4 N–H and O–H groups in total. The highest BCUT2D eigenvalue weighted by atomic mass is 19.1. The van der Waals surface area contributed by atoms with Crippen LogP contribution in [0.15, 0.2) is 54.7 Å². The van der Waals surface area contributed by atoms with Crippen LogP contribution in [0.2, 0.25) is 0 Å². The van der Waals surface area contributed by atoms with E-state index in [1.54, 1.807) is 12.3 Å². The Kier molecular flexibility index (Phi) is 6.26. The number of benzene rings is 1. The van der Waals surface area contributed by atoms with Gasteiger partial charge in [0, 0.05) is 18.2 Å². The van der Waals surface area contributed by atoms with Gasteiger partial charge in [-0.25, -0.2) is 9.97 Å². The van der Waals surface area contributed by atoms with E-state index < -0.39 is 5.95 Å². The second-order valence-corrected chi connectivity index (χ2v) is 8.80. The lowest BCUT2D eigenvalue weighted by molar-refractivity contribution is 0.340. The van der Waals surface area contributed by atoms with Crippen LogP contribution in [-0.2, 0) is 0 Å². The highest BCUT2D eigenvalue weighted by Gasteiger charge is 2.24. The molecule has 3 aromatic heterocycles. The molecule has 4 aromatic rings. The quantitative estimate of drug-likeness (QED) is 0.366. The highest BCUT2D eigenvalue weighted by Crippen LogP contribution is 2.34. The van der Waals surface area contributed by atoms with Crippen LogP contribution < -0.4 is 11.1 Å². The molecule has 0 amide bonds. The standard InChI is InChI=1S/C25H28FN7/c26-22-11-8-18(15-29-22)20(21-14-23(27)30-25-24(21)31-33-32-25)12-13-28-19-9-6-17(7-10-19)16-4-2-1-3-5-16/h1-5,8,11,14-15,17,19-20,28H,6-7,9-10,12-13H2,(H3,27,30,31,32,33). The molecule has 7 nitrogen and oxygen atoms in total. The number of rotatable bonds is 7. The molecule has 3 heterocycles. The fraction of sp³-hybridized carbons (Fsp3) is 0.360. The Bertz CT molecular complexity index is 1180. The van der Waals surface area contributed by atoms with E-state index in [0.717, 1.165) is 36.9 Å². The van der Waals surface area contributed by atoms with E-state index in [9.17, 15) is 4.39 Å². The van der Waals surface area contributed by atoms with Crippen LogP contribution in [0.5, 0.6) is 0 Å². The van der Waals surface area contributed by atoms with Gasteiger partial charge in [0.2, 0.25) is 11.6 Å². The molecule has 5 rings (SSSR count). The number of nitrogen functional groups attached to an aromatic ring is 1. The summed E-state index contributed by atoms with van der Waals surface area (Å²) in [4.78, 5) is 8.13. The number of aromatic nitrogens is 5. The summed E-state index contributed by atoms with van der Waals surface area (Å²) in [6.45, 7) is 0.824. The summed E-state index contributed by atoms with van der Waals surface area (Å²) in [7, 11) is 0. The molecule has 0 spiro atoms. The number of hydrogen-bond acceptors (Lipinski definition) is 6. The summed E-state index contributed by atoms with van der Waals surface area (Å²) >= 11 is 0. The molecule has 1 fully saturated rings. The SMILES string of the molecule is Nc1cc(C(CCNC2CCC(c3ccccc3)CC2)c2ccc(F)nc2)c2n[nH]nc2n1. The zero-order valence-electron chi connectivity index (χ0n) is 18.4. The number of nitrogens with zero attached hydrogens (tertiary/aromatic N) is 4. The number of hydrogen-bond donors (Lipinski definition) is 3.